The van der Waals surface area contributed by atoms with Crippen LogP contribution in [0.25, 0.3) is 0 Å². The number of nitrogens with zero attached hydrogens (tertiary/aromatic N) is 3. The second-order valence-corrected chi connectivity index (χ2v) is 2.77. The Morgan fingerprint density at radius 3 is 3.00 bits per heavy atom. The fraction of sp³-hybridized carbons (Fsp3) is 0.429. The van der Waals surface area contributed by atoms with Crippen molar-refractivity contribution in [1.82, 2.24) is 15.5 Å². The summed E-state index contributed by atoms with van der Waals surface area (Å²) in [5, 5.41) is 16.9. The van der Waals surface area contributed by atoms with Crippen molar-refractivity contribution in [2.75, 3.05) is 0 Å². The summed E-state index contributed by atoms with van der Waals surface area (Å²) in [6.07, 6.45) is -0.173. The lowest BCUT2D eigenvalue weighted by Crippen LogP contribution is -2.28. The number of hydrogen-bond donors (Lipinski definition) is 3. The molecule has 8 nitrogen and oxygen atoms in total. The van der Waals surface area contributed by atoms with Gasteiger partial charge in [-0.2, -0.15) is 4.98 Å². The van der Waals surface area contributed by atoms with Gasteiger partial charge in [0.1, 0.15) is 5.84 Å². The molecular weight excluding hydrogens is 202 g/mol. The summed E-state index contributed by atoms with van der Waals surface area (Å²) >= 11 is 0. The smallest absolute Gasteiger partial charge is 0.228 e. The van der Waals surface area contributed by atoms with Gasteiger partial charge < -0.3 is 20.8 Å². The first kappa shape index (κ1) is 11.0. The van der Waals surface area contributed by atoms with Crippen LogP contribution in [-0.4, -0.2) is 27.1 Å². The van der Waals surface area contributed by atoms with E-state index in [0.29, 0.717) is 11.7 Å². The fourth-order valence-corrected chi connectivity index (χ4v) is 0.853. The van der Waals surface area contributed by atoms with Gasteiger partial charge in [-0.3, -0.25) is 4.79 Å². The van der Waals surface area contributed by atoms with Gasteiger partial charge >= 0.3 is 0 Å². The summed E-state index contributed by atoms with van der Waals surface area (Å²) < 4.78 is 4.70. The molecule has 0 aliphatic rings. The lowest BCUT2D eigenvalue weighted by atomic mass is 10.4. The zero-order valence-electron chi connectivity index (χ0n) is 8.10. The standard InChI is InChI=1S/C7H11N5O3/c1-4-10-6(12-15-4)3-9-7(13)2-5(8)11-14/h14H,2-3H2,1H3,(H2,8,11)(H,9,13). The lowest BCUT2D eigenvalue weighted by molar-refractivity contribution is -0.120. The molecular formula is C7H11N5O3. The van der Waals surface area contributed by atoms with Crippen molar-refractivity contribution < 1.29 is 14.5 Å². The number of rotatable bonds is 4. The SMILES string of the molecule is Cc1nc(CNC(=O)CC(N)=NO)no1. The minimum absolute atomic E-state index is 0.148. The van der Waals surface area contributed by atoms with Crippen LogP contribution in [0.1, 0.15) is 18.1 Å². The highest BCUT2D eigenvalue weighted by Crippen LogP contribution is 1.94. The highest BCUT2D eigenvalue weighted by Gasteiger charge is 2.07. The van der Waals surface area contributed by atoms with Gasteiger partial charge in [0.2, 0.25) is 11.8 Å². The van der Waals surface area contributed by atoms with E-state index in [-0.39, 0.29) is 24.7 Å². The highest BCUT2D eigenvalue weighted by molar-refractivity contribution is 5.98. The first-order chi connectivity index (χ1) is 7.11. The van der Waals surface area contributed by atoms with Gasteiger partial charge in [0.05, 0.1) is 13.0 Å². The summed E-state index contributed by atoms with van der Waals surface area (Å²) in [6.45, 7) is 1.80. The monoisotopic (exact) mass is 213 g/mol. The molecule has 0 fully saturated rings. The Bertz CT molecular complexity index is 372. The molecule has 15 heavy (non-hydrogen) atoms. The third kappa shape index (κ3) is 3.63. The molecule has 4 N–H and O–H groups in total. The molecule has 0 radical (unpaired) electrons. The minimum Gasteiger partial charge on any atom is -0.409 e. The highest BCUT2D eigenvalue weighted by atomic mass is 16.5. The Morgan fingerprint density at radius 2 is 2.47 bits per heavy atom. The number of oxime groups is 1. The van der Waals surface area contributed by atoms with E-state index in [9.17, 15) is 4.79 Å². The predicted octanol–water partition coefficient (Wildman–Crippen LogP) is -0.869. The number of carbonyl (C=O) groups is 1. The molecule has 1 heterocycles. The topological polar surface area (TPSA) is 127 Å². The second-order valence-electron chi connectivity index (χ2n) is 2.77. The molecule has 0 aliphatic carbocycles. The third-order valence-electron chi connectivity index (χ3n) is 1.48. The molecule has 0 spiro atoms. The average molecular weight is 213 g/mol. The summed E-state index contributed by atoms with van der Waals surface area (Å²) in [7, 11) is 0. The number of amidine groups is 1. The number of nitrogens with one attached hydrogen (secondary N) is 1. The van der Waals surface area contributed by atoms with Crippen molar-refractivity contribution in [2.24, 2.45) is 10.9 Å². The van der Waals surface area contributed by atoms with Gasteiger partial charge in [-0.1, -0.05) is 10.3 Å². The Morgan fingerprint density at radius 1 is 1.73 bits per heavy atom. The van der Waals surface area contributed by atoms with Gasteiger partial charge in [0.15, 0.2) is 5.82 Å². The minimum atomic E-state index is -0.382. The Labute approximate surface area is 85.1 Å². The molecule has 0 atom stereocenters. The molecule has 0 saturated carbocycles. The normalized spacial score (nSPS) is 11.4. The summed E-state index contributed by atoms with van der Waals surface area (Å²) in [5.41, 5.74) is 5.14. The number of hydrogen-bond acceptors (Lipinski definition) is 6. The van der Waals surface area contributed by atoms with Crippen LogP contribution in [-0.2, 0) is 11.3 Å². The first-order valence-corrected chi connectivity index (χ1v) is 4.14. The molecule has 1 aromatic rings. The predicted molar refractivity (Wildman–Crippen MR) is 48.9 cm³/mol. The maximum absolute atomic E-state index is 11.1. The van der Waals surface area contributed by atoms with Crippen LogP contribution in [0.15, 0.2) is 9.68 Å². The zero-order chi connectivity index (χ0) is 11.3. The van der Waals surface area contributed by atoms with Gasteiger partial charge in [0, 0.05) is 6.92 Å². The largest absolute Gasteiger partial charge is 0.409 e. The van der Waals surface area contributed by atoms with Crippen LogP contribution in [0.3, 0.4) is 0 Å². The molecule has 0 unspecified atom stereocenters. The van der Waals surface area contributed by atoms with Crippen molar-refractivity contribution in [3.63, 3.8) is 0 Å². The van der Waals surface area contributed by atoms with Gasteiger partial charge in [-0.25, -0.2) is 0 Å². The van der Waals surface area contributed by atoms with E-state index >= 15 is 0 Å². The average Bonchev–Trinajstić information content (AvgIpc) is 2.61. The Balaban J connectivity index is 2.34. The lowest BCUT2D eigenvalue weighted by Gasteiger charge is -2.00. The molecule has 1 amide bonds. The van der Waals surface area contributed by atoms with Gasteiger partial charge in [-0.05, 0) is 0 Å². The van der Waals surface area contributed by atoms with E-state index in [1.807, 2.05) is 0 Å². The van der Waals surface area contributed by atoms with Crippen LogP contribution in [0.2, 0.25) is 0 Å². The number of aryl methyl sites for hydroxylation is 1. The van der Waals surface area contributed by atoms with Crippen molar-refractivity contribution in [1.29, 1.82) is 0 Å². The zero-order valence-corrected chi connectivity index (χ0v) is 8.10. The van der Waals surface area contributed by atoms with Crippen LogP contribution in [0, 0.1) is 6.92 Å². The number of aromatic nitrogens is 2. The van der Waals surface area contributed by atoms with Crippen LogP contribution in [0.5, 0.6) is 0 Å². The molecule has 1 rings (SSSR count). The molecule has 8 heteroatoms. The van der Waals surface area contributed by atoms with E-state index in [0.717, 1.165) is 0 Å². The maximum Gasteiger partial charge on any atom is 0.228 e. The van der Waals surface area contributed by atoms with E-state index in [4.69, 9.17) is 15.5 Å². The molecule has 82 valence electrons. The van der Waals surface area contributed by atoms with E-state index < -0.39 is 0 Å². The van der Waals surface area contributed by atoms with Crippen LogP contribution < -0.4 is 11.1 Å². The second kappa shape index (κ2) is 4.94. The molecule has 1 aromatic heterocycles. The van der Waals surface area contributed by atoms with Crippen LogP contribution >= 0.6 is 0 Å². The molecule has 0 aliphatic heterocycles. The van der Waals surface area contributed by atoms with Crippen LogP contribution in [0.4, 0.5) is 0 Å². The number of amides is 1. The Hall–Kier alpha value is -2.12. The quantitative estimate of drug-likeness (QED) is 0.258. The summed E-state index contributed by atoms with van der Waals surface area (Å²) in [5.74, 6) is 0.264. The Kier molecular flexibility index (Phi) is 3.61. The third-order valence-corrected chi connectivity index (χ3v) is 1.48. The summed E-state index contributed by atoms with van der Waals surface area (Å²) in [4.78, 5) is 15.0. The molecule has 0 bridgehead atoms. The van der Waals surface area contributed by atoms with Gasteiger partial charge in [-0.15, -0.1) is 0 Å². The number of nitrogens with two attached hydrogens (primary N) is 1. The van der Waals surface area contributed by atoms with E-state index in [1.54, 1.807) is 6.92 Å². The molecule has 0 saturated heterocycles. The summed E-state index contributed by atoms with van der Waals surface area (Å²) in [6, 6.07) is 0. The van der Waals surface area contributed by atoms with Crippen molar-refractivity contribution in [2.45, 2.75) is 19.9 Å². The van der Waals surface area contributed by atoms with Gasteiger partial charge in [0.25, 0.3) is 0 Å². The van der Waals surface area contributed by atoms with E-state index in [1.165, 1.54) is 0 Å². The van der Waals surface area contributed by atoms with Crippen molar-refractivity contribution >= 4 is 11.7 Å². The van der Waals surface area contributed by atoms with Crippen molar-refractivity contribution in [3.8, 4) is 0 Å². The fourth-order valence-electron chi connectivity index (χ4n) is 0.853. The van der Waals surface area contributed by atoms with E-state index in [2.05, 4.69) is 20.6 Å². The van der Waals surface area contributed by atoms with Crippen molar-refractivity contribution in [3.05, 3.63) is 11.7 Å². The number of carbonyl (C=O) groups excluding carboxylic acids is 1. The first-order valence-electron chi connectivity index (χ1n) is 4.14. The molecule has 0 aromatic carbocycles. The maximum atomic E-state index is 11.1.